The number of hydrogen-bond acceptors (Lipinski definition) is 3. The van der Waals surface area contributed by atoms with Gasteiger partial charge in [0, 0.05) is 12.1 Å². The number of benzene rings is 1. The maximum Gasteiger partial charge on any atom is 0.232 e. The molecule has 2 rings (SSSR count). The molecule has 0 unspecified atom stereocenters. The Morgan fingerprint density at radius 1 is 1.14 bits per heavy atom. The Bertz CT molecular complexity index is 578. The average molecular weight is 322 g/mol. The molecule has 0 atom stereocenters. The van der Waals surface area contributed by atoms with Crippen LogP contribution < -0.4 is 10.0 Å². The van der Waals surface area contributed by atoms with E-state index in [1.54, 1.807) is 0 Å². The van der Waals surface area contributed by atoms with Gasteiger partial charge in [0.1, 0.15) is 0 Å². The van der Waals surface area contributed by atoms with E-state index in [2.05, 4.69) is 10.0 Å². The smallest absolute Gasteiger partial charge is 0.232 e. The molecule has 1 aliphatic rings. The van der Waals surface area contributed by atoms with Gasteiger partial charge in [0.2, 0.25) is 10.0 Å². The SMILES string of the molecule is O=S(=O)(CCC1CCNCC1)Nc1cc(F)c(F)c(F)c1. The summed E-state index contributed by atoms with van der Waals surface area (Å²) in [5, 5.41) is 3.19. The van der Waals surface area contributed by atoms with Crippen LogP contribution in [0.3, 0.4) is 0 Å². The van der Waals surface area contributed by atoms with Gasteiger partial charge in [-0.1, -0.05) is 0 Å². The highest BCUT2D eigenvalue weighted by molar-refractivity contribution is 7.92. The topological polar surface area (TPSA) is 58.2 Å². The van der Waals surface area contributed by atoms with Crippen molar-refractivity contribution >= 4 is 15.7 Å². The van der Waals surface area contributed by atoms with Crippen LogP contribution in [-0.4, -0.2) is 27.3 Å². The van der Waals surface area contributed by atoms with Crippen molar-refractivity contribution in [2.75, 3.05) is 23.6 Å². The minimum absolute atomic E-state index is 0.127. The normalized spacial score (nSPS) is 16.9. The first-order chi connectivity index (χ1) is 9.87. The Kier molecular flexibility index (Phi) is 5.10. The standard InChI is InChI=1S/C13H17F3N2O2S/c14-11-7-10(8-12(15)13(11)16)18-21(19,20)6-3-9-1-4-17-5-2-9/h7-9,17-18H,1-6H2. The van der Waals surface area contributed by atoms with Crippen LogP contribution in [0.5, 0.6) is 0 Å². The Morgan fingerprint density at radius 2 is 1.71 bits per heavy atom. The summed E-state index contributed by atoms with van der Waals surface area (Å²) in [6.07, 6.45) is 2.31. The highest BCUT2D eigenvalue weighted by Gasteiger charge is 2.19. The molecule has 1 saturated heterocycles. The number of sulfonamides is 1. The lowest BCUT2D eigenvalue weighted by Gasteiger charge is -2.22. The molecule has 1 aromatic carbocycles. The van der Waals surface area contributed by atoms with Crippen LogP contribution in [0.25, 0.3) is 0 Å². The number of halogens is 3. The van der Waals surface area contributed by atoms with Gasteiger partial charge >= 0.3 is 0 Å². The second-order valence-corrected chi connectivity index (χ2v) is 7.00. The molecule has 118 valence electrons. The van der Waals surface area contributed by atoms with Crippen molar-refractivity contribution in [1.82, 2.24) is 5.32 Å². The summed E-state index contributed by atoms with van der Waals surface area (Å²) < 4.78 is 64.7. The number of anilines is 1. The predicted octanol–water partition coefficient (Wildman–Crippen LogP) is 2.24. The molecule has 0 radical (unpaired) electrons. The lowest BCUT2D eigenvalue weighted by atomic mass is 9.96. The van der Waals surface area contributed by atoms with Crippen LogP contribution in [0.4, 0.5) is 18.9 Å². The zero-order valence-corrected chi connectivity index (χ0v) is 12.1. The molecule has 0 spiro atoms. The van der Waals surface area contributed by atoms with Crippen molar-refractivity contribution in [2.24, 2.45) is 5.92 Å². The molecule has 1 fully saturated rings. The first-order valence-corrected chi connectivity index (χ1v) is 8.38. The third kappa shape index (κ3) is 4.60. The molecule has 8 heteroatoms. The van der Waals surface area contributed by atoms with Crippen LogP contribution in [0.15, 0.2) is 12.1 Å². The van der Waals surface area contributed by atoms with Crippen molar-refractivity contribution in [3.8, 4) is 0 Å². The fraction of sp³-hybridized carbons (Fsp3) is 0.538. The summed E-state index contributed by atoms with van der Waals surface area (Å²) in [5.41, 5.74) is -0.309. The monoisotopic (exact) mass is 322 g/mol. The van der Waals surface area contributed by atoms with Gasteiger partial charge in [0.25, 0.3) is 0 Å². The molecular weight excluding hydrogens is 305 g/mol. The maximum absolute atomic E-state index is 13.0. The van der Waals surface area contributed by atoms with Gasteiger partial charge in [-0.15, -0.1) is 0 Å². The number of nitrogens with one attached hydrogen (secondary N) is 2. The van der Waals surface area contributed by atoms with E-state index in [0.29, 0.717) is 24.5 Å². The van der Waals surface area contributed by atoms with Gasteiger partial charge in [0.05, 0.1) is 11.4 Å². The van der Waals surface area contributed by atoms with Gasteiger partial charge in [-0.05, 0) is 38.3 Å². The molecule has 0 saturated carbocycles. The van der Waals surface area contributed by atoms with Gasteiger partial charge in [-0.2, -0.15) is 0 Å². The molecule has 2 N–H and O–H groups in total. The van der Waals surface area contributed by atoms with Crippen molar-refractivity contribution in [1.29, 1.82) is 0 Å². The zero-order valence-electron chi connectivity index (χ0n) is 11.3. The average Bonchev–Trinajstić information content (AvgIpc) is 2.43. The molecular formula is C13H17F3N2O2S. The lowest BCUT2D eigenvalue weighted by Crippen LogP contribution is -2.29. The summed E-state index contributed by atoms with van der Waals surface area (Å²) in [5.74, 6) is -4.27. The fourth-order valence-corrected chi connectivity index (χ4v) is 3.56. The largest absolute Gasteiger partial charge is 0.317 e. The third-order valence-electron chi connectivity index (χ3n) is 3.51. The lowest BCUT2D eigenvalue weighted by molar-refractivity contribution is 0.365. The molecule has 4 nitrogen and oxygen atoms in total. The molecule has 0 bridgehead atoms. The van der Waals surface area contributed by atoms with E-state index in [0.717, 1.165) is 25.9 Å². The first kappa shape index (κ1) is 16.1. The molecule has 0 aromatic heterocycles. The van der Waals surface area contributed by atoms with E-state index in [9.17, 15) is 21.6 Å². The molecule has 1 heterocycles. The molecule has 21 heavy (non-hydrogen) atoms. The molecule has 0 aliphatic carbocycles. The summed E-state index contributed by atoms with van der Waals surface area (Å²) in [4.78, 5) is 0. The predicted molar refractivity (Wildman–Crippen MR) is 73.9 cm³/mol. The highest BCUT2D eigenvalue weighted by atomic mass is 32.2. The maximum atomic E-state index is 13.0. The molecule has 1 aromatic rings. The molecule has 1 aliphatic heterocycles. The van der Waals surface area contributed by atoms with Gasteiger partial charge in [-0.25, -0.2) is 21.6 Å². The van der Waals surface area contributed by atoms with Gasteiger partial charge in [0.15, 0.2) is 17.5 Å². The van der Waals surface area contributed by atoms with Crippen LogP contribution in [0, 0.1) is 23.4 Å². The van der Waals surface area contributed by atoms with Crippen LogP contribution in [0.2, 0.25) is 0 Å². The second kappa shape index (κ2) is 6.65. The summed E-state index contributed by atoms with van der Waals surface area (Å²) in [6, 6.07) is 1.25. The number of rotatable bonds is 5. The van der Waals surface area contributed by atoms with E-state index in [1.807, 2.05) is 0 Å². The van der Waals surface area contributed by atoms with Gasteiger partial charge in [-0.3, -0.25) is 4.72 Å². The summed E-state index contributed by atoms with van der Waals surface area (Å²) in [6.45, 7) is 1.74. The summed E-state index contributed by atoms with van der Waals surface area (Å²) in [7, 11) is -3.71. The quantitative estimate of drug-likeness (QED) is 0.818. The number of piperidine rings is 1. The zero-order chi connectivity index (χ0) is 15.5. The van der Waals surface area contributed by atoms with E-state index in [4.69, 9.17) is 0 Å². The fourth-order valence-electron chi connectivity index (χ4n) is 2.34. The van der Waals surface area contributed by atoms with Crippen molar-refractivity contribution < 1.29 is 21.6 Å². The third-order valence-corrected chi connectivity index (χ3v) is 4.83. The van der Waals surface area contributed by atoms with Gasteiger partial charge < -0.3 is 5.32 Å². The van der Waals surface area contributed by atoms with E-state index >= 15 is 0 Å². The van der Waals surface area contributed by atoms with Crippen LogP contribution >= 0.6 is 0 Å². The first-order valence-electron chi connectivity index (χ1n) is 6.73. The van der Waals surface area contributed by atoms with E-state index in [-0.39, 0.29) is 11.4 Å². The summed E-state index contributed by atoms with van der Waals surface area (Å²) >= 11 is 0. The van der Waals surface area contributed by atoms with Crippen molar-refractivity contribution in [3.05, 3.63) is 29.6 Å². The van der Waals surface area contributed by atoms with E-state index < -0.39 is 27.5 Å². The Labute approximate surface area is 121 Å². The minimum atomic E-state index is -3.71. The van der Waals surface area contributed by atoms with Crippen molar-refractivity contribution in [2.45, 2.75) is 19.3 Å². The van der Waals surface area contributed by atoms with Crippen molar-refractivity contribution in [3.63, 3.8) is 0 Å². The van der Waals surface area contributed by atoms with Crippen LogP contribution in [-0.2, 0) is 10.0 Å². The Morgan fingerprint density at radius 3 is 2.29 bits per heavy atom. The molecule has 0 amide bonds. The Hall–Kier alpha value is -1.28. The van der Waals surface area contributed by atoms with Crippen LogP contribution in [0.1, 0.15) is 19.3 Å². The second-order valence-electron chi connectivity index (χ2n) is 5.16. The minimum Gasteiger partial charge on any atom is -0.317 e. The Balaban J connectivity index is 1.97. The van der Waals surface area contributed by atoms with E-state index in [1.165, 1.54) is 0 Å². The highest BCUT2D eigenvalue weighted by Crippen LogP contribution is 2.20. The number of hydrogen-bond donors (Lipinski definition) is 2.